The molecular weight excluding hydrogens is 376 g/mol. The van der Waals surface area contributed by atoms with Gasteiger partial charge in [-0.15, -0.1) is 0 Å². The van der Waals surface area contributed by atoms with E-state index >= 15 is 0 Å². The van der Waals surface area contributed by atoms with Crippen LogP contribution >= 0.6 is 0 Å². The van der Waals surface area contributed by atoms with Crippen molar-refractivity contribution in [2.24, 2.45) is 0 Å². The molecule has 0 saturated heterocycles. The molecule has 0 fully saturated rings. The van der Waals surface area contributed by atoms with Gasteiger partial charge >= 0.3 is 5.97 Å². The van der Waals surface area contributed by atoms with Crippen LogP contribution in [0.2, 0.25) is 0 Å². The number of unbranched alkanes of at least 4 members (excludes halogenated alkanes) is 7. The maximum atomic E-state index is 12.1. The third-order valence-corrected chi connectivity index (χ3v) is 6.06. The summed E-state index contributed by atoms with van der Waals surface area (Å²) in [5.41, 5.74) is -1.32. The molecule has 1 aromatic rings. The maximum Gasteiger partial charge on any atom is 0.344 e. The van der Waals surface area contributed by atoms with E-state index in [1.165, 1.54) is 18.9 Å². The molecule has 2 atom stereocenters. The first kappa shape index (κ1) is 24.2. The van der Waals surface area contributed by atoms with Crippen LogP contribution in [0.5, 0.6) is 0 Å². The molecule has 0 spiro atoms. The molecule has 4 heteroatoms. The normalized spacial score (nSPS) is 23.3. The Hall–Kier alpha value is -2.07. The van der Waals surface area contributed by atoms with Crippen LogP contribution in [0.4, 0.5) is 0 Å². The lowest BCUT2D eigenvalue weighted by Gasteiger charge is -2.37. The van der Waals surface area contributed by atoms with Gasteiger partial charge in [-0.1, -0.05) is 102 Å². The van der Waals surface area contributed by atoms with Crippen LogP contribution in [-0.2, 0) is 14.9 Å². The average Bonchev–Trinajstić information content (AvgIpc) is 2.75. The summed E-state index contributed by atoms with van der Waals surface area (Å²) in [6.07, 6.45) is 15.3. The molecular formula is C26H38O4. The third kappa shape index (κ3) is 5.98. The van der Waals surface area contributed by atoms with Crippen molar-refractivity contribution in [1.29, 1.82) is 0 Å². The average molecular weight is 415 g/mol. The van der Waals surface area contributed by atoms with Crippen molar-refractivity contribution < 1.29 is 19.7 Å². The number of aliphatic hydroxyl groups is 1. The first-order chi connectivity index (χ1) is 14.5. The fraction of sp³-hybridized carbons (Fsp3) is 0.577. The number of carboxylic acids is 1. The Labute approximate surface area is 181 Å². The summed E-state index contributed by atoms with van der Waals surface area (Å²) in [5.74, 6) is -1.02. The van der Waals surface area contributed by atoms with Crippen molar-refractivity contribution in [3.05, 3.63) is 59.9 Å². The van der Waals surface area contributed by atoms with E-state index < -0.39 is 17.0 Å². The minimum absolute atomic E-state index is 0.0704. The summed E-state index contributed by atoms with van der Waals surface area (Å²) in [4.78, 5) is 12.1. The van der Waals surface area contributed by atoms with E-state index in [-0.39, 0.29) is 5.76 Å². The van der Waals surface area contributed by atoms with Gasteiger partial charge in [-0.2, -0.15) is 0 Å². The Kier molecular flexibility index (Phi) is 9.64. The van der Waals surface area contributed by atoms with Crippen molar-refractivity contribution in [1.82, 2.24) is 0 Å². The molecule has 166 valence electrons. The molecule has 0 radical (unpaired) electrons. The summed E-state index contributed by atoms with van der Waals surface area (Å²) in [6.45, 7) is 4.70. The lowest BCUT2D eigenvalue weighted by atomic mass is 9.70. The Bertz CT molecular complexity index is 709. The molecule has 1 aromatic carbocycles. The van der Waals surface area contributed by atoms with Gasteiger partial charge in [0.15, 0.2) is 0 Å². The number of hydrogen-bond acceptors (Lipinski definition) is 3. The number of hydrogen-bond donors (Lipinski definition) is 2. The molecule has 2 N–H and O–H groups in total. The van der Waals surface area contributed by atoms with Gasteiger partial charge < -0.3 is 14.9 Å². The van der Waals surface area contributed by atoms with Crippen molar-refractivity contribution in [3.63, 3.8) is 0 Å². The molecule has 1 aliphatic carbocycles. The number of allylic oxidation sites excluding steroid dienone is 1. The predicted molar refractivity (Wildman–Crippen MR) is 122 cm³/mol. The fourth-order valence-electron chi connectivity index (χ4n) is 4.13. The minimum Gasteiger partial charge on any atom is -0.511 e. The number of benzene rings is 1. The van der Waals surface area contributed by atoms with Crippen LogP contribution < -0.4 is 0 Å². The Balaban J connectivity index is 2.21. The predicted octanol–water partition coefficient (Wildman–Crippen LogP) is 6.72. The van der Waals surface area contributed by atoms with Crippen molar-refractivity contribution in [3.8, 4) is 0 Å². The monoisotopic (exact) mass is 414 g/mol. The van der Waals surface area contributed by atoms with Crippen molar-refractivity contribution in [2.45, 2.75) is 89.1 Å². The Morgan fingerprint density at radius 3 is 2.13 bits per heavy atom. The van der Waals surface area contributed by atoms with Crippen molar-refractivity contribution >= 4 is 5.97 Å². The molecule has 0 amide bonds. The molecule has 2 unspecified atom stereocenters. The SMILES string of the molecule is CCCCCCCOC1(C(=O)O)C=CC(CCCCCC)(c2ccccc2)C(O)=C1. The van der Waals surface area contributed by atoms with Gasteiger partial charge in [0.25, 0.3) is 0 Å². The fourth-order valence-corrected chi connectivity index (χ4v) is 4.13. The van der Waals surface area contributed by atoms with Crippen LogP contribution in [0.25, 0.3) is 0 Å². The Morgan fingerprint density at radius 2 is 1.53 bits per heavy atom. The van der Waals surface area contributed by atoms with Gasteiger partial charge in [0.2, 0.25) is 5.60 Å². The number of aliphatic hydroxyl groups excluding tert-OH is 1. The summed E-state index contributed by atoms with van der Waals surface area (Å²) < 4.78 is 5.83. The second-order valence-corrected chi connectivity index (χ2v) is 8.37. The van der Waals surface area contributed by atoms with Gasteiger partial charge in [-0.3, -0.25) is 0 Å². The smallest absolute Gasteiger partial charge is 0.344 e. The van der Waals surface area contributed by atoms with Crippen LogP contribution in [0.1, 0.15) is 83.6 Å². The first-order valence-electron chi connectivity index (χ1n) is 11.6. The number of aliphatic carboxylic acids is 1. The second-order valence-electron chi connectivity index (χ2n) is 8.37. The van der Waals surface area contributed by atoms with Crippen LogP contribution in [0.3, 0.4) is 0 Å². The van der Waals surface area contributed by atoms with E-state index in [0.717, 1.165) is 56.9 Å². The number of carbonyl (C=O) groups is 1. The molecule has 0 heterocycles. The molecule has 0 saturated carbocycles. The number of carboxylic acid groups (broad SMARTS) is 1. The van der Waals surface area contributed by atoms with Gasteiger partial charge in [-0.05, 0) is 24.5 Å². The van der Waals surface area contributed by atoms with E-state index in [2.05, 4.69) is 13.8 Å². The Morgan fingerprint density at radius 1 is 0.900 bits per heavy atom. The lowest BCUT2D eigenvalue weighted by molar-refractivity contribution is -0.154. The number of ether oxygens (including phenoxy) is 1. The highest BCUT2D eigenvalue weighted by Crippen LogP contribution is 2.43. The van der Waals surface area contributed by atoms with E-state index in [1.54, 1.807) is 6.08 Å². The largest absolute Gasteiger partial charge is 0.511 e. The minimum atomic E-state index is -1.60. The molecule has 1 aliphatic rings. The highest BCUT2D eigenvalue weighted by atomic mass is 16.5. The zero-order valence-corrected chi connectivity index (χ0v) is 18.6. The molecule has 2 rings (SSSR count). The molecule has 4 nitrogen and oxygen atoms in total. The topological polar surface area (TPSA) is 66.8 Å². The molecule has 0 aliphatic heterocycles. The second kappa shape index (κ2) is 11.9. The quantitative estimate of drug-likeness (QED) is 0.262. The van der Waals surface area contributed by atoms with Gasteiger partial charge in [0.05, 0.1) is 5.41 Å². The number of rotatable bonds is 14. The van der Waals surface area contributed by atoms with Crippen LogP contribution in [0, 0.1) is 0 Å². The lowest BCUT2D eigenvalue weighted by Crippen LogP contribution is -2.43. The van der Waals surface area contributed by atoms with Gasteiger partial charge in [-0.25, -0.2) is 4.79 Å². The molecule has 0 bridgehead atoms. The third-order valence-electron chi connectivity index (χ3n) is 6.06. The zero-order chi connectivity index (χ0) is 21.9. The first-order valence-corrected chi connectivity index (χ1v) is 11.6. The van der Waals surface area contributed by atoms with Gasteiger partial charge in [0, 0.05) is 12.7 Å². The van der Waals surface area contributed by atoms with Crippen LogP contribution in [-0.4, -0.2) is 28.4 Å². The van der Waals surface area contributed by atoms with Crippen LogP contribution in [0.15, 0.2) is 54.3 Å². The molecule has 0 aromatic heterocycles. The zero-order valence-electron chi connectivity index (χ0n) is 18.6. The van der Waals surface area contributed by atoms with Crippen molar-refractivity contribution in [2.75, 3.05) is 6.61 Å². The van der Waals surface area contributed by atoms with E-state index in [4.69, 9.17) is 4.74 Å². The van der Waals surface area contributed by atoms with E-state index in [1.807, 2.05) is 36.4 Å². The highest BCUT2D eigenvalue weighted by Gasteiger charge is 2.45. The highest BCUT2D eigenvalue weighted by molar-refractivity contribution is 5.84. The summed E-state index contributed by atoms with van der Waals surface area (Å²) in [5, 5.41) is 21.1. The molecule has 30 heavy (non-hydrogen) atoms. The summed E-state index contributed by atoms with van der Waals surface area (Å²) >= 11 is 0. The summed E-state index contributed by atoms with van der Waals surface area (Å²) in [7, 11) is 0. The summed E-state index contributed by atoms with van der Waals surface area (Å²) in [6, 6.07) is 9.85. The standard InChI is InChI=1S/C26H38O4/c1-3-5-7-9-14-20-30-26(24(28)29)19-18-25(23(27)21-26,17-13-8-6-4-2)22-15-11-10-12-16-22/h10-12,15-16,18-19,21,27H,3-9,13-14,17,20H2,1-2H3,(H,28,29). The van der Waals surface area contributed by atoms with E-state index in [0.29, 0.717) is 6.61 Å². The van der Waals surface area contributed by atoms with Gasteiger partial charge in [0.1, 0.15) is 5.76 Å². The van der Waals surface area contributed by atoms with E-state index in [9.17, 15) is 15.0 Å². The maximum absolute atomic E-state index is 12.1.